The van der Waals surface area contributed by atoms with Crippen molar-refractivity contribution in [1.82, 2.24) is 9.97 Å². The van der Waals surface area contributed by atoms with E-state index in [1.54, 1.807) is 0 Å². The van der Waals surface area contributed by atoms with Crippen molar-refractivity contribution in [2.45, 2.75) is 39.5 Å². The van der Waals surface area contributed by atoms with Gasteiger partial charge in [0.1, 0.15) is 0 Å². The van der Waals surface area contributed by atoms with Gasteiger partial charge in [0.25, 0.3) is 0 Å². The Morgan fingerprint density at radius 1 is 0.654 bits per heavy atom. The van der Waals surface area contributed by atoms with E-state index in [1.807, 2.05) is 30.9 Å². The SMILES string of the molecule is CC(C)c1ccc2ccncc2c1.CC(C)c1cccc2cnccc12. The number of aromatic nitrogens is 2. The lowest BCUT2D eigenvalue weighted by atomic mass is 9.97. The summed E-state index contributed by atoms with van der Waals surface area (Å²) in [5.74, 6) is 1.16. The Balaban J connectivity index is 0.000000151. The molecule has 0 atom stereocenters. The fourth-order valence-electron chi connectivity index (χ4n) is 3.11. The smallest absolute Gasteiger partial charge is 0.0346 e. The molecule has 4 aromatic rings. The summed E-state index contributed by atoms with van der Waals surface area (Å²) in [6, 6.07) is 17.1. The molecule has 0 aliphatic rings. The number of pyridine rings is 2. The Morgan fingerprint density at radius 2 is 1.38 bits per heavy atom. The zero-order valence-corrected chi connectivity index (χ0v) is 16.0. The van der Waals surface area contributed by atoms with Crippen molar-refractivity contribution >= 4 is 21.5 Å². The number of hydrogen-bond acceptors (Lipinski definition) is 2. The predicted octanol–water partition coefficient (Wildman–Crippen LogP) is 6.72. The molecule has 2 nitrogen and oxygen atoms in total. The van der Waals surface area contributed by atoms with Crippen LogP contribution in [0, 0.1) is 0 Å². The summed E-state index contributed by atoms with van der Waals surface area (Å²) < 4.78 is 0. The van der Waals surface area contributed by atoms with Crippen LogP contribution in [0.4, 0.5) is 0 Å². The molecule has 2 aromatic carbocycles. The third kappa shape index (κ3) is 4.08. The number of benzene rings is 2. The van der Waals surface area contributed by atoms with Crippen molar-refractivity contribution in [3.8, 4) is 0 Å². The Morgan fingerprint density at radius 3 is 2.12 bits per heavy atom. The second-order valence-electron chi connectivity index (χ2n) is 7.24. The van der Waals surface area contributed by atoms with Crippen LogP contribution in [-0.4, -0.2) is 9.97 Å². The molecule has 0 amide bonds. The molecule has 0 aliphatic heterocycles. The molecular weight excluding hydrogens is 316 g/mol. The van der Waals surface area contributed by atoms with E-state index in [9.17, 15) is 0 Å². The minimum atomic E-state index is 0.575. The normalized spacial score (nSPS) is 11.0. The summed E-state index contributed by atoms with van der Waals surface area (Å²) in [5, 5.41) is 5.05. The molecule has 0 fully saturated rings. The van der Waals surface area contributed by atoms with Crippen LogP contribution >= 0.6 is 0 Å². The second kappa shape index (κ2) is 8.09. The first-order valence-corrected chi connectivity index (χ1v) is 9.22. The lowest BCUT2D eigenvalue weighted by Crippen LogP contribution is -1.88. The van der Waals surface area contributed by atoms with Gasteiger partial charge in [0.2, 0.25) is 0 Å². The van der Waals surface area contributed by atoms with Crippen molar-refractivity contribution in [1.29, 1.82) is 0 Å². The maximum Gasteiger partial charge on any atom is 0.0346 e. The molecular formula is C24H26N2. The quantitative estimate of drug-likeness (QED) is 0.404. The molecule has 0 unspecified atom stereocenters. The van der Waals surface area contributed by atoms with Gasteiger partial charge in [0.05, 0.1) is 0 Å². The number of rotatable bonds is 2. The van der Waals surface area contributed by atoms with Gasteiger partial charge in [-0.05, 0) is 51.9 Å². The fraction of sp³-hybridized carbons (Fsp3) is 0.250. The molecule has 0 spiro atoms. The van der Waals surface area contributed by atoms with Gasteiger partial charge in [-0.15, -0.1) is 0 Å². The summed E-state index contributed by atoms with van der Waals surface area (Å²) in [4.78, 5) is 8.23. The van der Waals surface area contributed by atoms with Crippen molar-refractivity contribution in [2.24, 2.45) is 0 Å². The highest BCUT2D eigenvalue weighted by atomic mass is 14.6. The Kier molecular flexibility index (Phi) is 5.62. The predicted molar refractivity (Wildman–Crippen MR) is 112 cm³/mol. The van der Waals surface area contributed by atoms with Crippen LogP contribution in [0.2, 0.25) is 0 Å². The molecule has 26 heavy (non-hydrogen) atoms. The molecule has 4 rings (SSSR count). The molecule has 2 aromatic heterocycles. The van der Waals surface area contributed by atoms with Crippen LogP contribution < -0.4 is 0 Å². The first-order valence-electron chi connectivity index (χ1n) is 9.22. The average molecular weight is 342 g/mol. The fourth-order valence-corrected chi connectivity index (χ4v) is 3.11. The van der Waals surface area contributed by atoms with E-state index in [0.717, 1.165) is 0 Å². The van der Waals surface area contributed by atoms with Crippen LogP contribution in [0.5, 0.6) is 0 Å². The van der Waals surface area contributed by atoms with Gasteiger partial charge in [-0.3, -0.25) is 9.97 Å². The van der Waals surface area contributed by atoms with E-state index in [4.69, 9.17) is 0 Å². The molecule has 0 aliphatic carbocycles. The number of fused-ring (bicyclic) bond motifs is 2. The van der Waals surface area contributed by atoms with E-state index < -0.39 is 0 Å². The van der Waals surface area contributed by atoms with Crippen LogP contribution in [0.1, 0.15) is 50.7 Å². The minimum Gasteiger partial charge on any atom is -0.264 e. The lowest BCUT2D eigenvalue weighted by molar-refractivity contribution is 0.868. The maximum atomic E-state index is 4.11. The van der Waals surface area contributed by atoms with E-state index in [1.165, 1.54) is 32.7 Å². The maximum absolute atomic E-state index is 4.11. The molecule has 0 radical (unpaired) electrons. The molecule has 0 saturated heterocycles. The largest absolute Gasteiger partial charge is 0.264 e. The first-order chi connectivity index (χ1) is 12.6. The Hall–Kier alpha value is -2.74. The molecule has 0 saturated carbocycles. The highest BCUT2D eigenvalue weighted by Gasteiger charge is 2.03. The Labute approximate surface area is 155 Å². The number of nitrogens with zero attached hydrogens (tertiary/aromatic N) is 2. The third-order valence-corrected chi connectivity index (χ3v) is 4.67. The van der Waals surface area contributed by atoms with Crippen molar-refractivity contribution in [3.63, 3.8) is 0 Å². The van der Waals surface area contributed by atoms with Crippen molar-refractivity contribution < 1.29 is 0 Å². The van der Waals surface area contributed by atoms with Gasteiger partial charge < -0.3 is 0 Å². The van der Waals surface area contributed by atoms with Gasteiger partial charge in [0, 0.05) is 35.6 Å². The summed E-state index contributed by atoms with van der Waals surface area (Å²) in [6.45, 7) is 8.85. The van der Waals surface area contributed by atoms with Crippen LogP contribution in [0.25, 0.3) is 21.5 Å². The van der Waals surface area contributed by atoms with Crippen molar-refractivity contribution in [3.05, 3.63) is 84.4 Å². The van der Waals surface area contributed by atoms with E-state index in [2.05, 4.69) is 80.1 Å². The standard InChI is InChI=1S/2C12H13N/c1-9(2)11-4-3-10-5-6-13-8-12(10)7-11;1-9(2)11-5-3-4-10-8-13-7-6-12(10)11/h2*3-9H,1-2H3. The third-order valence-electron chi connectivity index (χ3n) is 4.67. The highest BCUT2D eigenvalue weighted by Crippen LogP contribution is 2.24. The van der Waals surface area contributed by atoms with Gasteiger partial charge >= 0.3 is 0 Å². The highest BCUT2D eigenvalue weighted by molar-refractivity contribution is 5.85. The summed E-state index contributed by atoms with van der Waals surface area (Å²) >= 11 is 0. The van der Waals surface area contributed by atoms with Gasteiger partial charge in [-0.2, -0.15) is 0 Å². The molecule has 132 valence electrons. The van der Waals surface area contributed by atoms with Gasteiger partial charge in [-0.1, -0.05) is 58.0 Å². The molecule has 0 N–H and O–H groups in total. The van der Waals surface area contributed by atoms with Crippen molar-refractivity contribution in [2.75, 3.05) is 0 Å². The van der Waals surface area contributed by atoms with Gasteiger partial charge in [-0.25, -0.2) is 0 Å². The zero-order chi connectivity index (χ0) is 18.5. The second-order valence-corrected chi connectivity index (χ2v) is 7.24. The first kappa shape index (κ1) is 18.1. The van der Waals surface area contributed by atoms with Crippen LogP contribution in [-0.2, 0) is 0 Å². The van der Waals surface area contributed by atoms with E-state index in [0.29, 0.717) is 11.8 Å². The monoisotopic (exact) mass is 342 g/mol. The summed E-state index contributed by atoms with van der Waals surface area (Å²) in [5.41, 5.74) is 2.78. The molecule has 2 heteroatoms. The minimum absolute atomic E-state index is 0.575. The average Bonchev–Trinajstić information content (AvgIpc) is 2.67. The van der Waals surface area contributed by atoms with E-state index in [-0.39, 0.29) is 0 Å². The van der Waals surface area contributed by atoms with E-state index >= 15 is 0 Å². The molecule has 2 heterocycles. The summed E-state index contributed by atoms with van der Waals surface area (Å²) in [6.07, 6.45) is 7.52. The van der Waals surface area contributed by atoms with Crippen LogP contribution in [0.15, 0.2) is 73.3 Å². The molecule has 0 bridgehead atoms. The number of hydrogen-bond donors (Lipinski definition) is 0. The summed E-state index contributed by atoms with van der Waals surface area (Å²) in [7, 11) is 0. The van der Waals surface area contributed by atoms with Gasteiger partial charge in [0.15, 0.2) is 0 Å². The Bertz CT molecular complexity index is 991. The van der Waals surface area contributed by atoms with Crippen LogP contribution in [0.3, 0.4) is 0 Å². The zero-order valence-electron chi connectivity index (χ0n) is 16.0. The lowest BCUT2D eigenvalue weighted by Gasteiger charge is -2.08. The topological polar surface area (TPSA) is 25.8 Å².